The number of rotatable bonds is 5. The zero-order valence-corrected chi connectivity index (χ0v) is 16.7. The molecule has 0 radical (unpaired) electrons. The molecule has 148 valence electrons. The maximum Gasteiger partial charge on any atom is 0.317 e. The molecule has 1 fully saturated rings. The number of urea groups is 1. The molecule has 2 aromatic carbocycles. The van der Waals surface area contributed by atoms with Gasteiger partial charge in [0.25, 0.3) is 5.91 Å². The quantitative estimate of drug-likeness (QED) is 0.832. The van der Waals surface area contributed by atoms with Crippen molar-refractivity contribution in [3.8, 4) is 0 Å². The van der Waals surface area contributed by atoms with E-state index in [9.17, 15) is 9.59 Å². The summed E-state index contributed by atoms with van der Waals surface area (Å²) in [6.07, 6.45) is 3.02. The van der Waals surface area contributed by atoms with Crippen LogP contribution in [-0.4, -0.2) is 37.0 Å². The van der Waals surface area contributed by atoms with Crippen molar-refractivity contribution in [1.29, 1.82) is 0 Å². The molecule has 0 spiro atoms. The minimum atomic E-state index is -0.0691. The molecule has 3 amide bonds. The van der Waals surface area contributed by atoms with Crippen molar-refractivity contribution >= 4 is 11.9 Å². The number of carbonyl (C=O) groups excluding carboxylic acids is 2. The molecule has 28 heavy (non-hydrogen) atoms. The zero-order valence-electron chi connectivity index (χ0n) is 16.7. The molecule has 2 aromatic rings. The lowest BCUT2D eigenvalue weighted by Crippen LogP contribution is -2.43. The molecule has 0 bridgehead atoms. The smallest absolute Gasteiger partial charge is 0.317 e. The first-order chi connectivity index (χ1) is 13.6. The Labute approximate surface area is 167 Å². The lowest BCUT2D eigenvalue weighted by molar-refractivity contribution is 0.0950. The van der Waals surface area contributed by atoms with Gasteiger partial charge in [0.05, 0.1) is 0 Å². The second kappa shape index (κ2) is 9.40. The Hall–Kier alpha value is -2.82. The van der Waals surface area contributed by atoms with E-state index in [1.807, 2.05) is 23.1 Å². The molecule has 1 aliphatic heterocycles. The fraction of sp³-hybridized carbons (Fsp3) is 0.391. The van der Waals surface area contributed by atoms with Crippen LogP contribution in [0.3, 0.4) is 0 Å². The number of benzene rings is 2. The molecule has 0 aromatic heterocycles. The van der Waals surface area contributed by atoms with Gasteiger partial charge >= 0.3 is 6.03 Å². The average Bonchev–Trinajstić information content (AvgIpc) is 2.77. The Morgan fingerprint density at radius 1 is 1.11 bits per heavy atom. The molecule has 0 aliphatic carbocycles. The second-order valence-corrected chi connectivity index (χ2v) is 7.32. The Morgan fingerprint density at radius 3 is 2.57 bits per heavy atom. The van der Waals surface area contributed by atoms with E-state index in [1.165, 1.54) is 5.56 Å². The number of nitrogens with zero attached hydrogens (tertiary/aromatic N) is 1. The van der Waals surface area contributed by atoms with Gasteiger partial charge in [0, 0.05) is 38.2 Å². The minimum Gasteiger partial charge on any atom is -0.348 e. The molecule has 1 aliphatic rings. The monoisotopic (exact) mass is 379 g/mol. The molecule has 3 rings (SSSR count). The summed E-state index contributed by atoms with van der Waals surface area (Å²) < 4.78 is 0. The first-order valence-electron chi connectivity index (χ1n) is 10.0. The third-order valence-corrected chi connectivity index (χ3v) is 5.43. The summed E-state index contributed by atoms with van der Waals surface area (Å²) in [5, 5.41) is 5.70. The summed E-state index contributed by atoms with van der Waals surface area (Å²) in [5.74, 6) is 0.195. The highest BCUT2D eigenvalue weighted by Crippen LogP contribution is 2.27. The fourth-order valence-corrected chi connectivity index (χ4v) is 3.70. The molecule has 1 atom stereocenters. The molecule has 1 saturated heterocycles. The van der Waals surface area contributed by atoms with Gasteiger partial charge in [0.15, 0.2) is 0 Å². The van der Waals surface area contributed by atoms with Crippen molar-refractivity contribution in [3.63, 3.8) is 0 Å². The normalized spacial score (nSPS) is 16.5. The third kappa shape index (κ3) is 4.91. The van der Waals surface area contributed by atoms with Crippen LogP contribution in [-0.2, 0) is 13.0 Å². The van der Waals surface area contributed by atoms with Gasteiger partial charge in [-0.05, 0) is 48.1 Å². The number of aryl methyl sites for hydroxylation is 1. The predicted octanol–water partition coefficient (Wildman–Crippen LogP) is 3.70. The molecule has 5 heteroatoms. The highest BCUT2D eigenvalue weighted by atomic mass is 16.2. The van der Waals surface area contributed by atoms with Gasteiger partial charge in [-0.1, -0.05) is 43.3 Å². The van der Waals surface area contributed by atoms with Crippen LogP contribution in [0.2, 0.25) is 0 Å². The van der Waals surface area contributed by atoms with E-state index < -0.39 is 0 Å². The van der Waals surface area contributed by atoms with Crippen LogP contribution in [0, 0.1) is 0 Å². The van der Waals surface area contributed by atoms with Crippen molar-refractivity contribution in [2.24, 2.45) is 0 Å². The van der Waals surface area contributed by atoms with E-state index in [0.29, 0.717) is 18.7 Å². The zero-order chi connectivity index (χ0) is 19.9. The van der Waals surface area contributed by atoms with Crippen molar-refractivity contribution < 1.29 is 9.59 Å². The molecule has 2 N–H and O–H groups in total. The molecule has 0 saturated carbocycles. The second-order valence-electron chi connectivity index (χ2n) is 7.32. The number of piperidine rings is 1. The average molecular weight is 380 g/mol. The largest absolute Gasteiger partial charge is 0.348 e. The summed E-state index contributed by atoms with van der Waals surface area (Å²) in [4.78, 5) is 26.4. The highest BCUT2D eigenvalue weighted by Gasteiger charge is 2.24. The van der Waals surface area contributed by atoms with Crippen LogP contribution in [0.1, 0.15) is 52.7 Å². The number of amides is 3. The van der Waals surface area contributed by atoms with Crippen LogP contribution in [0.4, 0.5) is 4.79 Å². The van der Waals surface area contributed by atoms with E-state index in [4.69, 9.17) is 0 Å². The lowest BCUT2D eigenvalue weighted by atomic mass is 9.89. The van der Waals surface area contributed by atoms with E-state index in [1.54, 1.807) is 7.05 Å². The van der Waals surface area contributed by atoms with Gasteiger partial charge < -0.3 is 15.5 Å². The molecule has 5 nitrogen and oxygen atoms in total. The van der Waals surface area contributed by atoms with Crippen LogP contribution >= 0.6 is 0 Å². The van der Waals surface area contributed by atoms with E-state index in [2.05, 4.69) is 47.9 Å². The standard InChI is InChI=1S/C23H29N3O2/c1-3-17-9-11-18(12-10-17)15-25-22(27)20-7-4-6-19(14-20)21-8-5-13-26(16-21)23(28)24-2/h4,6-7,9-12,14,21H,3,5,8,13,15-16H2,1-2H3,(H,24,28)(H,25,27)/t21-/m0/s1. The number of carbonyl (C=O) groups is 2. The van der Waals surface area contributed by atoms with Crippen molar-refractivity contribution in [2.45, 2.75) is 38.6 Å². The fourth-order valence-electron chi connectivity index (χ4n) is 3.70. The minimum absolute atomic E-state index is 0.0345. The van der Waals surface area contributed by atoms with Crippen LogP contribution in [0.15, 0.2) is 48.5 Å². The van der Waals surface area contributed by atoms with E-state index in [-0.39, 0.29) is 17.9 Å². The van der Waals surface area contributed by atoms with Gasteiger partial charge in [0.2, 0.25) is 0 Å². The van der Waals surface area contributed by atoms with Gasteiger partial charge in [-0.3, -0.25) is 4.79 Å². The van der Waals surface area contributed by atoms with Crippen molar-refractivity contribution in [1.82, 2.24) is 15.5 Å². The number of nitrogens with one attached hydrogen (secondary N) is 2. The van der Waals surface area contributed by atoms with Crippen LogP contribution < -0.4 is 10.6 Å². The van der Waals surface area contributed by atoms with Crippen molar-refractivity contribution in [3.05, 3.63) is 70.8 Å². The van der Waals surface area contributed by atoms with Crippen LogP contribution in [0.5, 0.6) is 0 Å². The van der Waals surface area contributed by atoms with E-state index in [0.717, 1.165) is 36.9 Å². The lowest BCUT2D eigenvalue weighted by Gasteiger charge is -2.32. The molecule has 0 unspecified atom stereocenters. The topological polar surface area (TPSA) is 61.4 Å². The Morgan fingerprint density at radius 2 is 1.86 bits per heavy atom. The number of likely N-dealkylation sites (tertiary alicyclic amines) is 1. The maximum atomic E-state index is 12.6. The van der Waals surface area contributed by atoms with Gasteiger partial charge in [-0.15, -0.1) is 0 Å². The van der Waals surface area contributed by atoms with Gasteiger partial charge in [-0.2, -0.15) is 0 Å². The Bertz CT molecular complexity index is 817. The number of hydrogen-bond donors (Lipinski definition) is 2. The first kappa shape index (κ1) is 19.9. The number of hydrogen-bond acceptors (Lipinski definition) is 2. The Balaban J connectivity index is 1.63. The molecular weight excluding hydrogens is 350 g/mol. The summed E-state index contributed by atoms with van der Waals surface area (Å²) in [6.45, 7) is 4.12. The molecule has 1 heterocycles. The SMILES string of the molecule is CCc1ccc(CNC(=O)c2cccc([C@H]3CCCN(C(=O)NC)C3)c2)cc1. The first-order valence-corrected chi connectivity index (χ1v) is 10.0. The van der Waals surface area contributed by atoms with Gasteiger partial charge in [-0.25, -0.2) is 4.79 Å². The van der Waals surface area contributed by atoms with E-state index >= 15 is 0 Å². The summed E-state index contributed by atoms with van der Waals surface area (Å²) >= 11 is 0. The maximum absolute atomic E-state index is 12.6. The van der Waals surface area contributed by atoms with Gasteiger partial charge in [0.1, 0.15) is 0 Å². The Kier molecular flexibility index (Phi) is 6.69. The summed E-state index contributed by atoms with van der Waals surface area (Å²) in [6, 6.07) is 16.1. The summed E-state index contributed by atoms with van der Waals surface area (Å²) in [7, 11) is 1.66. The summed E-state index contributed by atoms with van der Waals surface area (Å²) in [5.41, 5.74) is 4.17. The predicted molar refractivity (Wildman–Crippen MR) is 111 cm³/mol. The molecular formula is C23H29N3O2. The highest BCUT2D eigenvalue weighted by molar-refractivity contribution is 5.94. The third-order valence-electron chi connectivity index (χ3n) is 5.43. The van der Waals surface area contributed by atoms with Crippen molar-refractivity contribution in [2.75, 3.05) is 20.1 Å². The van der Waals surface area contributed by atoms with Crippen LogP contribution in [0.25, 0.3) is 0 Å².